The highest BCUT2D eigenvalue weighted by Crippen LogP contribution is 2.27. The van der Waals surface area contributed by atoms with Gasteiger partial charge in [0, 0.05) is 16.3 Å². The van der Waals surface area contributed by atoms with Gasteiger partial charge >= 0.3 is 0 Å². The van der Waals surface area contributed by atoms with Crippen molar-refractivity contribution in [1.82, 2.24) is 0 Å². The first-order valence-corrected chi connectivity index (χ1v) is 9.90. The Labute approximate surface area is 185 Å². The Morgan fingerprint density at radius 2 is 1.87 bits per heavy atom. The minimum absolute atomic E-state index is 0.0881. The Morgan fingerprint density at radius 1 is 1.13 bits per heavy atom. The molecule has 0 aliphatic heterocycles. The van der Waals surface area contributed by atoms with Gasteiger partial charge in [0.2, 0.25) is 0 Å². The van der Waals surface area contributed by atoms with Crippen molar-refractivity contribution < 1.29 is 13.9 Å². The van der Waals surface area contributed by atoms with Crippen molar-refractivity contribution in [3.8, 4) is 11.8 Å². The van der Waals surface area contributed by atoms with Crippen LogP contribution in [0.5, 0.6) is 5.75 Å². The molecule has 4 nitrogen and oxygen atoms in total. The van der Waals surface area contributed by atoms with E-state index in [1.165, 1.54) is 18.2 Å². The minimum atomic E-state index is -0.527. The number of nitriles is 1. The summed E-state index contributed by atoms with van der Waals surface area (Å²) in [5, 5.41) is 12.8. The Kier molecular flexibility index (Phi) is 7.07. The van der Waals surface area contributed by atoms with Crippen LogP contribution in [0.4, 0.5) is 10.1 Å². The van der Waals surface area contributed by atoms with E-state index in [1.54, 1.807) is 30.3 Å². The average Bonchev–Trinajstić information content (AvgIpc) is 2.75. The SMILES string of the molecule is Cc1ccc(C)c(NC(=O)/C(C#N)=C/c2cc(Cl)ccc2OCc2ccc(F)cc2)c1. The van der Waals surface area contributed by atoms with E-state index in [0.29, 0.717) is 22.0 Å². The summed E-state index contributed by atoms with van der Waals surface area (Å²) in [6, 6.07) is 18.5. The quantitative estimate of drug-likeness (QED) is 0.370. The van der Waals surface area contributed by atoms with Gasteiger partial charge in [0.15, 0.2) is 0 Å². The van der Waals surface area contributed by atoms with Gasteiger partial charge in [0.1, 0.15) is 29.8 Å². The fraction of sp³-hybridized carbons (Fsp3) is 0.120. The molecule has 0 aliphatic rings. The maximum atomic E-state index is 13.1. The molecule has 3 aromatic rings. The predicted octanol–water partition coefficient (Wildman–Crippen LogP) is 6.22. The Hall–Kier alpha value is -3.62. The number of nitrogens with one attached hydrogen (secondary N) is 1. The molecule has 0 saturated carbocycles. The van der Waals surface area contributed by atoms with Crippen molar-refractivity contribution in [3.63, 3.8) is 0 Å². The van der Waals surface area contributed by atoms with Crippen LogP contribution in [0.15, 0.2) is 66.2 Å². The van der Waals surface area contributed by atoms with Crippen LogP contribution in [0.2, 0.25) is 5.02 Å². The van der Waals surface area contributed by atoms with Crippen LogP contribution in [0.3, 0.4) is 0 Å². The van der Waals surface area contributed by atoms with Crippen molar-refractivity contribution in [2.45, 2.75) is 20.5 Å². The summed E-state index contributed by atoms with van der Waals surface area (Å²) in [6.45, 7) is 4.00. The number of nitrogens with zero attached hydrogens (tertiary/aromatic N) is 1. The van der Waals surface area contributed by atoms with E-state index in [4.69, 9.17) is 16.3 Å². The summed E-state index contributed by atoms with van der Waals surface area (Å²) >= 11 is 6.12. The third-order valence-electron chi connectivity index (χ3n) is 4.59. The standard InChI is InChI=1S/C25H20ClFN2O2/c1-16-3-4-17(2)23(11-16)29-25(30)20(14-28)12-19-13-21(26)7-10-24(19)31-15-18-5-8-22(27)9-6-18/h3-13H,15H2,1-2H3,(H,29,30)/b20-12+. The molecule has 0 fully saturated rings. The number of ether oxygens (including phenoxy) is 1. The maximum absolute atomic E-state index is 13.1. The third-order valence-corrected chi connectivity index (χ3v) is 4.82. The van der Waals surface area contributed by atoms with Crippen LogP contribution in [-0.2, 0) is 11.4 Å². The second-order valence-corrected chi connectivity index (χ2v) is 7.48. The van der Waals surface area contributed by atoms with Crippen molar-refractivity contribution >= 4 is 29.3 Å². The lowest BCUT2D eigenvalue weighted by Gasteiger charge is -2.11. The zero-order valence-corrected chi connectivity index (χ0v) is 17.8. The normalized spacial score (nSPS) is 11.0. The van der Waals surface area contributed by atoms with Crippen LogP contribution in [-0.4, -0.2) is 5.91 Å². The molecule has 6 heteroatoms. The fourth-order valence-corrected chi connectivity index (χ4v) is 3.05. The molecule has 0 radical (unpaired) electrons. The van der Waals surface area contributed by atoms with E-state index in [0.717, 1.165) is 16.7 Å². The van der Waals surface area contributed by atoms with Gasteiger partial charge in [0.25, 0.3) is 5.91 Å². The number of hydrogen-bond acceptors (Lipinski definition) is 3. The number of aryl methyl sites for hydroxylation is 2. The highest BCUT2D eigenvalue weighted by molar-refractivity contribution is 6.30. The molecule has 0 bridgehead atoms. The number of benzene rings is 3. The van der Waals surface area contributed by atoms with E-state index in [2.05, 4.69) is 5.32 Å². The van der Waals surface area contributed by atoms with E-state index >= 15 is 0 Å². The summed E-state index contributed by atoms with van der Waals surface area (Å²) in [7, 11) is 0. The van der Waals surface area contributed by atoms with Crippen LogP contribution >= 0.6 is 11.6 Å². The first kappa shape index (κ1) is 22.1. The highest BCUT2D eigenvalue weighted by atomic mass is 35.5. The molecule has 0 unspecified atom stereocenters. The van der Waals surface area contributed by atoms with E-state index < -0.39 is 5.91 Å². The summed E-state index contributed by atoms with van der Waals surface area (Å²) in [4.78, 5) is 12.7. The molecule has 156 valence electrons. The Bertz CT molecular complexity index is 1180. The molecule has 0 spiro atoms. The zero-order valence-electron chi connectivity index (χ0n) is 17.1. The van der Waals surface area contributed by atoms with Gasteiger partial charge in [-0.25, -0.2) is 4.39 Å². The van der Waals surface area contributed by atoms with Crippen LogP contribution in [0.1, 0.15) is 22.3 Å². The second kappa shape index (κ2) is 9.92. The molecule has 31 heavy (non-hydrogen) atoms. The second-order valence-electron chi connectivity index (χ2n) is 7.04. The number of carbonyl (C=O) groups is 1. The predicted molar refractivity (Wildman–Crippen MR) is 120 cm³/mol. The molecule has 0 aromatic heterocycles. The van der Waals surface area contributed by atoms with Gasteiger partial charge < -0.3 is 10.1 Å². The van der Waals surface area contributed by atoms with Gasteiger partial charge in [-0.05, 0) is 73.0 Å². The van der Waals surface area contributed by atoms with Crippen molar-refractivity contribution in [2.75, 3.05) is 5.32 Å². The highest BCUT2D eigenvalue weighted by Gasteiger charge is 2.13. The molecule has 3 aromatic carbocycles. The monoisotopic (exact) mass is 434 g/mol. The lowest BCUT2D eigenvalue weighted by Crippen LogP contribution is -2.14. The van der Waals surface area contributed by atoms with Crippen molar-refractivity contribution in [3.05, 3.63) is 99.3 Å². The molecule has 0 aliphatic carbocycles. The number of halogens is 2. The van der Waals surface area contributed by atoms with Crippen LogP contribution in [0.25, 0.3) is 6.08 Å². The molecule has 1 N–H and O–H groups in total. The number of hydrogen-bond donors (Lipinski definition) is 1. The van der Waals surface area contributed by atoms with Crippen LogP contribution < -0.4 is 10.1 Å². The van der Waals surface area contributed by atoms with E-state index in [-0.39, 0.29) is 18.0 Å². The number of carbonyl (C=O) groups excluding carboxylic acids is 1. The van der Waals surface area contributed by atoms with Gasteiger partial charge in [-0.15, -0.1) is 0 Å². The van der Waals surface area contributed by atoms with Crippen molar-refractivity contribution in [1.29, 1.82) is 5.26 Å². The summed E-state index contributed by atoms with van der Waals surface area (Å²) in [5.41, 5.74) is 3.71. The maximum Gasteiger partial charge on any atom is 0.266 e. The smallest absolute Gasteiger partial charge is 0.266 e. The van der Waals surface area contributed by atoms with E-state index in [9.17, 15) is 14.4 Å². The molecule has 1 amide bonds. The first-order chi connectivity index (χ1) is 14.9. The van der Waals surface area contributed by atoms with E-state index in [1.807, 2.05) is 38.1 Å². The first-order valence-electron chi connectivity index (χ1n) is 9.53. The van der Waals surface area contributed by atoms with Gasteiger partial charge in [-0.2, -0.15) is 5.26 Å². The number of amides is 1. The third kappa shape index (κ3) is 5.94. The Balaban J connectivity index is 1.84. The van der Waals surface area contributed by atoms with Gasteiger partial charge in [-0.1, -0.05) is 35.9 Å². The lowest BCUT2D eigenvalue weighted by molar-refractivity contribution is -0.112. The van der Waals surface area contributed by atoms with Crippen LogP contribution in [0, 0.1) is 31.0 Å². The summed E-state index contributed by atoms with van der Waals surface area (Å²) in [6.07, 6.45) is 1.44. The molecular weight excluding hydrogens is 415 g/mol. The summed E-state index contributed by atoms with van der Waals surface area (Å²) in [5.74, 6) is -0.408. The molecule has 0 saturated heterocycles. The van der Waals surface area contributed by atoms with Gasteiger partial charge in [0.05, 0.1) is 0 Å². The minimum Gasteiger partial charge on any atom is -0.488 e. The van der Waals surface area contributed by atoms with Crippen molar-refractivity contribution in [2.24, 2.45) is 0 Å². The molecule has 0 atom stereocenters. The van der Waals surface area contributed by atoms with Gasteiger partial charge in [-0.3, -0.25) is 4.79 Å². The average molecular weight is 435 g/mol. The number of rotatable bonds is 6. The molecule has 0 heterocycles. The summed E-state index contributed by atoms with van der Waals surface area (Å²) < 4.78 is 18.9. The fourth-order valence-electron chi connectivity index (χ4n) is 2.87. The molecule has 3 rings (SSSR count). The zero-order chi connectivity index (χ0) is 22.4. The Morgan fingerprint density at radius 3 is 2.58 bits per heavy atom. The number of anilines is 1. The molecular formula is C25H20ClFN2O2. The topological polar surface area (TPSA) is 62.1 Å². The largest absolute Gasteiger partial charge is 0.488 e. The lowest BCUT2D eigenvalue weighted by atomic mass is 10.1.